The van der Waals surface area contributed by atoms with Gasteiger partial charge in [-0.1, -0.05) is 11.6 Å². The largest absolute Gasteiger partial charge is 0.382 e. The first-order valence-corrected chi connectivity index (χ1v) is 8.68. The maximum Gasteiger partial charge on any atom is 0.255 e. The molecule has 0 unspecified atom stereocenters. The van der Waals surface area contributed by atoms with Gasteiger partial charge in [-0.05, 0) is 25.7 Å². The highest BCUT2D eigenvalue weighted by atomic mass is 16.5. The molecule has 130 valence electrons. The van der Waals surface area contributed by atoms with Crippen molar-refractivity contribution in [3.05, 3.63) is 24.4 Å². The number of anilines is 1. The van der Waals surface area contributed by atoms with Crippen molar-refractivity contribution in [1.29, 1.82) is 0 Å². The van der Waals surface area contributed by atoms with Crippen LogP contribution in [0.25, 0.3) is 11.2 Å². The summed E-state index contributed by atoms with van der Waals surface area (Å²) in [5.41, 5.74) is 7.18. The topological polar surface area (TPSA) is 118 Å². The van der Waals surface area contributed by atoms with Crippen LogP contribution in [0, 0.1) is 0 Å². The van der Waals surface area contributed by atoms with Gasteiger partial charge in [-0.2, -0.15) is 4.98 Å². The van der Waals surface area contributed by atoms with Crippen molar-refractivity contribution in [1.82, 2.24) is 29.7 Å². The van der Waals surface area contributed by atoms with Crippen LogP contribution in [0.15, 0.2) is 17.2 Å². The molecular formula is C16H19N7O2. The fourth-order valence-electron chi connectivity index (χ4n) is 3.48. The minimum absolute atomic E-state index is 0.0534. The average molecular weight is 341 g/mol. The zero-order chi connectivity index (χ0) is 16.8. The molecule has 1 saturated carbocycles. The minimum atomic E-state index is -0.124. The molecule has 5 rings (SSSR count). The molecule has 3 aromatic heterocycles. The van der Waals surface area contributed by atoms with Crippen molar-refractivity contribution in [3.63, 3.8) is 0 Å². The minimum Gasteiger partial charge on any atom is -0.382 e. The van der Waals surface area contributed by atoms with Gasteiger partial charge >= 0.3 is 0 Å². The van der Waals surface area contributed by atoms with Gasteiger partial charge in [0.25, 0.3) is 5.89 Å². The lowest BCUT2D eigenvalue weighted by molar-refractivity contribution is 0.0183. The van der Waals surface area contributed by atoms with Crippen molar-refractivity contribution in [3.8, 4) is 0 Å². The Morgan fingerprint density at radius 3 is 2.92 bits per heavy atom. The number of nitrogens with two attached hydrogens (primary N) is 1. The number of aromatic nitrogens is 6. The first-order chi connectivity index (χ1) is 12.3. The van der Waals surface area contributed by atoms with E-state index in [0.717, 1.165) is 37.2 Å². The normalized spacial score (nSPS) is 24.0. The first kappa shape index (κ1) is 14.8. The van der Waals surface area contributed by atoms with E-state index in [-0.39, 0.29) is 12.2 Å². The monoisotopic (exact) mass is 341 g/mol. The second-order valence-corrected chi connectivity index (χ2v) is 6.77. The number of nitrogen functional groups attached to an aromatic ring is 1. The molecule has 9 nitrogen and oxygen atoms in total. The fourth-order valence-corrected chi connectivity index (χ4v) is 3.48. The summed E-state index contributed by atoms with van der Waals surface area (Å²) in [6.07, 6.45) is 8.48. The number of hydrogen-bond acceptors (Lipinski definition) is 8. The summed E-state index contributed by atoms with van der Waals surface area (Å²) in [5, 5.41) is 4.12. The van der Waals surface area contributed by atoms with Crippen LogP contribution >= 0.6 is 0 Å². The highest BCUT2D eigenvalue weighted by Gasteiger charge is 2.33. The van der Waals surface area contributed by atoms with Gasteiger partial charge in [0, 0.05) is 5.92 Å². The van der Waals surface area contributed by atoms with Gasteiger partial charge in [0.05, 0.1) is 19.0 Å². The Bertz CT molecular complexity index is 901. The third-order valence-corrected chi connectivity index (χ3v) is 5.14. The van der Waals surface area contributed by atoms with Gasteiger partial charge in [-0.3, -0.25) is 0 Å². The van der Waals surface area contributed by atoms with Gasteiger partial charge in [-0.15, -0.1) is 0 Å². The number of imidazole rings is 1. The number of rotatable bonds is 4. The van der Waals surface area contributed by atoms with E-state index in [4.69, 9.17) is 15.0 Å². The molecule has 3 aromatic rings. The number of hydrogen-bond donors (Lipinski definition) is 1. The van der Waals surface area contributed by atoms with Crippen molar-refractivity contribution in [2.45, 2.75) is 56.8 Å². The van der Waals surface area contributed by atoms with E-state index < -0.39 is 0 Å². The highest BCUT2D eigenvalue weighted by molar-refractivity contribution is 5.81. The van der Waals surface area contributed by atoms with Crippen LogP contribution in [0.4, 0.5) is 5.82 Å². The third kappa shape index (κ3) is 2.55. The van der Waals surface area contributed by atoms with Crippen molar-refractivity contribution in [2.75, 3.05) is 5.73 Å². The van der Waals surface area contributed by atoms with Crippen LogP contribution in [-0.4, -0.2) is 35.8 Å². The summed E-state index contributed by atoms with van der Waals surface area (Å²) in [4.78, 5) is 17.1. The van der Waals surface area contributed by atoms with E-state index in [9.17, 15) is 0 Å². The van der Waals surface area contributed by atoms with Crippen LogP contribution in [0.1, 0.15) is 55.8 Å². The molecule has 1 aliphatic carbocycles. The Balaban J connectivity index is 1.28. The molecular weight excluding hydrogens is 322 g/mol. The molecule has 2 aliphatic rings. The quantitative estimate of drug-likeness (QED) is 0.765. The molecule has 2 fully saturated rings. The molecule has 25 heavy (non-hydrogen) atoms. The Labute approximate surface area is 143 Å². The summed E-state index contributed by atoms with van der Waals surface area (Å²) < 4.78 is 13.5. The lowest BCUT2D eigenvalue weighted by Gasteiger charge is -2.21. The molecule has 1 saturated heterocycles. The predicted octanol–water partition coefficient (Wildman–Crippen LogP) is 1.98. The molecule has 0 spiro atoms. The SMILES string of the molecule is Nc1ncnc2c1ncn2C[C@@H]1CC[C@H](c2nc(C3CCC3)no2)O1. The molecule has 1 aliphatic heterocycles. The lowest BCUT2D eigenvalue weighted by Crippen LogP contribution is -2.15. The third-order valence-electron chi connectivity index (χ3n) is 5.14. The van der Waals surface area contributed by atoms with E-state index in [2.05, 4.69) is 25.1 Å². The first-order valence-electron chi connectivity index (χ1n) is 8.68. The van der Waals surface area contributed by atoms with E-state index in [1.165, 1.54) is 12.7 Å². The standard InChI is InChI=1S/C16H19N7O2/c17-13-12-15(19-7-18-13)23(8-20-12)6-10-4-5-11(24-10)16-21-14(22-25-16)9-2-1-3-9/h7-11H,1-6H2,(H2,17,18,19)/t10-,11+/m0/s1. The van der Waals surface area contributed by atoms with E-state index in [0.29, 0.717) is 29.7 Å². The van der Waals surface area contributed by atoms with Gasteiger partial charge in [0.15, 0.2) is 17.3 Å². The molecule has 0 amide bonds. The van der Waals surface area contributed by atoms with E-state index >= 15 is 0 Å². The second kappa shape index (κ2) is 5.76. The number of fused-ring (bicyclic) bond motifs is 1. The smallest absolute Gasteiger partial charge is 0.255 e. The Hall–Kier alpha value is -2.55. The molecule has 0 radical (unpaired) electrons. The zero-order valence-electron chi connectivity index (χ0n) is 13.7. The van der Waals surface area contributed by atoms with Crippen LogP contribution in [0.2, 0.25) is 0 Å². The summed E-state index contributed by atoms with van der Waals surface area (Å²) >= 11 is 0. The van der Waals surface area contributed by atoms with E-state index in [1.54, 1.807) is 6.33 Å². The van der Waals surface area contributed by atoms with Crippen molar-refractivity contribution >= 4 is 17.0 Å². The Morgan fingerprint density at radius 1 is 1.16 bits per heavy atom. The molecule has 4 heterocycles. The fraction of sp³-hybridized carbons (Fsp3) is 0.562. The van der Waals surface area contributed by atoms with Crippen LogP contribution in [0.3, 0.4) is 0 Å². The average Bonchev–Trinajstić information content (AvgIpc) is 3.27. The zero-order valence-corrected chi connectivity index (χ0v) is 13.7. The Kier molecular flexibility index (Phi) is 3.40. The van der Waals surface area contributed by atoms with Gasteiger partial charge < -0.3 is 19.6 Å². The van der Waals surface area contributed by atoms with Gasteiger partial charge in [0.2, 0.25) is 0 Å². The van der Waals surface area contributed by atoms with E-state index in [1.807, 2.05) is 4.57 Å². The van der Waals surface area contributed by atoms with Crippen molar-refractivity contribution < 1.29 is 9.26 Å². The van der Waals surface area contributed by atoms with Gasteiger partial charge in [-0.25, -0.2) is 15.0 Å². The second-order valence-electron chi connectivity index (χ2n) is 6.77. The Morgan fingerprint density at radius 2 is 2.08 bits per heavy atom. The number of nitrogens with zero attached hydrogens (tertiary/aromatic N) is 6. The lowest BCUT2D eigenvalue weighted by atomic mass is 9.85. The summed E-state index contributed by atoms with van der Waals surface area (Å²) in [6, 6.07) is 0. The van der Waals surface area contributed by atoms with Crippen molar-refractivity contribution in [2.24, 2.45) is 0 Å². The number of ether oxygens (including phenoxy) is 1. The molecule has 2 atom stereocenters. The summed E-state index contributed by atoms with van der Waals surface area (Å²) in [6.45, 7) is 0.660. The molecule has 0 aromatic carbocycles. The van der Waals surface area contributed by atoms with Crippen LogP contribution in [-0.2, 0) is 11.3 Å². The molecule has 9 heteroatoms. The van der Waals surface area contributed by atoms with Crippen LogP contribution < -0.4 is 5.73 Å². The predicted molar refractivity (Wildman–Crippen MR) is 87.5 cm³/mol. The van der Waals surface area contributed by atoms with Crippen LogP contribution in [0.5, 0.6) is 0 Å². The summed E-state index contributed by atoms with van der Waals surface area (Å²) in [5.74, 6) is 2.30. The van der Waals surface area contributed by atoms with Gasteiger partial charge in [0.1, 0.15) is 17.9 Å². The molecule has 0 bridgehead atoms. The molecule has 2 N–H and O–H groups in total. The maximum atomic E-state index is 6.13. The highest BCUT2D eigenvalue weighted by Crippen LogP contribution is 2.37. The summed E-state index contributed by atoms with van der Waals surface area (Å²) in [7, 11) is 0. The maximum absolute atomic E-state index is 6.13.